The third-order valence-electron chi connectivity index (χ3n) is 3.73. The lowest BCUT2D eigenvalue weighted by Crippen LogP contribution is -2.02. The van der Waals surface area contributed by atoms with Crippen molar-refractivity contribution in [3.8, 4) is 22.7 Å². The van der Waals surface area contributed by atoms with Gasteiger partial charge >= 0.3 is 0 Å². The van der Waals surface area contributed by atoms with E-state index in [1.54, 1.807) is 0 Å². The van der Waals surface area contributed by atoms with E-state index in [4.69, 9.17) is 0 Å². The minimum atomic E-state index is 0.287. The van der Waals surface area contributed by atoms with Crippen molar-refractivity contribution >= 4 is 0 Å². The van der Waals surface area contributed by atoms with Gasteiger partial charge in [0, 0.05) is 5.56 Å². The number of hydrogen-bond acceptors (Lipinski definition) is 2. The zero-order valence-corrected chi connectivity index (χ0v) is 13.0. The molecule has 22 heavy (non-hydrogen) atoms. The van der Waals surface area contributed by atoms with Gasteiger partial charge in [-0.1, -0.05) is 55.8 Å². The van der Waals surface area contributed by atoms with Crippen molar-refractivity contribution < 1.29 is 5.11 Å². The van der Waals surface area contributed by atoms with Gasteiger partial charge in [-0.05, 0) is 31.0 Å². The van der Waals surface area contributed by atoms with Crippen molar-refractivity contribution in [1.82, 2.24) is 9.78 Å². The molecule has 0 unspecified atom stereocenters. The van der Waals surface area contributed by atoms with Crippen LogP contribution in [-0.4, -0.2) is 14.9 Å². The fraction of sp³-hybridized carbons (Fsp3) is 0.211. The fourth-order valence-corrected chi connectivity index (χ4v) is 2.67. The summed E-state index contributed by atoms with van der Waals surface area (Å²) in [6.45, 7) is 4.17. The van der Waals surface area contributed by atoms with Gasteiger partial charge in [0.25, 0.3) is 0 Å². The molecule has 1 aromatic heterocycles. The summed E-state index contributed by atoms with van der Waals surface area (Å²) >= 11 is 0. The quantitative estimate of drug-likeness (QED) is 0.768. The largest absolute Gasteiger partial charge is 0.504 e. The molecule has 0 saturated carbocycles. The molecular formula is C19H20N2O. The lowest BCUT2D eigenvalue weighted by molar-refractivity contribution is 0.468. The first-order valence-electron chi connectivity index (χ1n) is 7.64. The molecule has 0 amide bonds. The highest BCUT2D eigenvalue weighted by Crippen LogP contribution is 2.33. The van der Waals surface area contributed by atoms with Gasteiger partial charge in [0.05, 0.1) is 11.4 Å². The molecule has 0 spiro atoms. The molecule has 2 aromatic carbocycles. The molecule has 0 bridgehead atoms. The van der Waals surface area contributed by atoms with Crippen LogP contribution in [0.15, 0.2) is 54.6 Å². The predicted molar refractivity (Wildman–Crippen MR) is 89.4 cm³/mol. The number of benzene rings is 2. The third-order valence-corrected chi connectivity index (χ3v) is 3.73. The molecule has 0 fully saturated rings. The van der Waals surface area contributed by atoms with Crippen molar-refractivity contribution in [3.05, 3.63) is 65.9 Å². The van der Waals surface area contributed by atoms with Crippen LogP contribution >= 0.6 is 0 Å². The highest BCUT2D eigenvalue weighted by Gasteiger charge is 2.18. The number of hydrogen-bond donors (Lipinski definition) is 1. The van der Waals surface area contributed by atoms with Crippen LogP contribution in [0.3, 0.4) is 0 Å². The van der Waals surface area contributed by atoms with Gasteiger partial charge in [0.15, 0.2) is 5.75 Å². The van der Waals surface area contributed by atoms with Crippen LogP contribution in [0.2, 0.25) is 0 Å². The first-order chi connectivity index (χ1) is 10.7. The Hall–Kier alpha value is -2.55. The van der Waals surface area contributed by atoms with Gasteiger partial charge in [0.2, 0.25) is 0 Å². The Bertz CT molecular complexity index is 775. The summed E-state index contributed by atoms with van der Waals surface area (Å²) in [6, 6.07) is 18.0. The summed E-state index contributed by atoms with van der Waals surface area (Å²) in [5, 5.41) is 15.3. The standard InChI is InChI=1S/C19H20N2O/c1-3-8-17-19(22)18(15-10-5-4-6-11-15)20-21(17)16-12-7-9-14(2)13-16/h4-7,9-13,22H,3,8H2,1-2H3. The third kappa shape index (κ3) is 2.62. The molecule has 0 aliphatic rings. The zero-order chi connectivity index (χ0) is 15.5. The lowest BCUT2D eigenvalue weighted by atomic mass is 10.1. The Morgan fingerprint density at radius 2 is 1.82 bits per heavy atom. The summed E-state index contributed by atoms with van der Waals surface area (Å²) in [5.41, 5.74) is 4.61. The van der Waals surface area contributed by atoms with Crippen molar-refractivity contribution in [1.29, 1.82) is 0 Å². The average Bonchev–Trinajstić information content (AvgIpc) is 2.86. The van der Waals surface area contributed by atoms with Crippen molar-refractivity contribution in [3.63, 3.8) is 0 Å². The highest BCUT2D eigenvalue weighted by molar-refractivity contribution is 5.68. The molecule has 0 atom stereocenters. The SMILES string of the molecule is CCCc1c(O)c(-c2ccccc2)nn1-c1cccc(C)c1. The second-order valence-electron chi connectivity index (χ2n) is 5.51. The number of nitrogens with zero attached hydrogens (tertiary/aromatic N) is 2. The minimum absolute atomic E-state index is 0.287. The molecule has 3 nitrogen and oxygen atoms in total. The van der Waals surface area contributed by atoms with Crippen molar-refractivity contribution in [2.45, 2.75) is 26.7 Å². The van der Waals surface area contributed by atoms with Crippen molar-refractivity contribution in [2.75, 3.05) is 0 Å². The van der Waals surface area contributed by atoms with Crippen LogP contribution in [0, 0.1) is 6.92 Å². The van der Waals surface area contributed by atoms with Gasteiger partial charge in [-0.15, -0.1) is 0 Å². The maximum atomic E-state index is 10.6. The lowest BCUT2D eigenvalue weighted by Gasteiger charge is -2.07. The Labute approximate surface area is 130 Å². The predicted octanol–water partition coefficient (Wildman–Crippen LogP) is 4.51. The van der Waals surface area contributed by atoms with Crippen LogP contribution in [0.5, 0.6) is 5.75 Å². The van der Waals surface area contributed by atoms with E-state index < -0.39 is 0 Å². The summed E-state index contributed by atoms with van der Waals surface area (Å²) in [4.78, 5) is 0. The maximum absolute atomic E-state index is 10.6. The summed E-state index contributed by atoms with van der Waals surface area (Å²) in [5.74, 6) is 0.287. The van der Waals surface area contributed by atoms with E-state index in [9.17, 15) is 5.11 Å². The van der Waals surface area contributed by atoms with Gasteiger partial charge in [-0.2, -0.15) is 5.10 Å². The first kappa shape index (κ1) is 14.4. The normalized spacial score (nSPS) is 10.8. The molecule has 0 aliphatic carbocycles. The molecule has 3 rings (SSSR count). The Balaban J connectivity index is 2.18. The zero-order valence-electron chi connectivity index (χ0n) is 13.0. The van der Waals surface area contributed by atoms with Crippen LogP contribution in [0.4, 0.5) is 0 Å². The second-order valence-corrected chi connectivity index (χ2v) is 5.51. The Kier molecular flexibility index (Phi) is 3.96. The molecule has 1 N–H and O–H groups in total. The minimum Gasteiger partial charge on any atom is -0.504 e. The van der Waals surface area contributed by atoms with E-state index in [0.717, 1.165) is 29.8 Å². The summed E-state index contributed by atoms with van der Waals surface area (Å²) in [6.07, 6.45) is 1.75. The first-order valence-corrected chi connectivity index (χ1v) is 7.64. The van der Waals surface area contributed by atoms with Gasteiger partial charge in [-0.3, -0.25) is 0 Å². The number of rotatable bonds is 4. The van der Waals surface area contributed by atoms with Crippen LogP contribution in [-0.2, 0) is 6.42 Å². The van der Waals surface area contributed by atoms with E-state index in [0.29, 0.717) is 5.69 Å². The summed E-state index contributed by atoms with van der Waals surface area (Å²) < 4.78 is 1.87. The Morgan fingerprint density at radius 3 is 2.50 bits per heavy atom. The summed E-state index contributed by atoms with van der Waals surface area (Å²) in [7, 11) is 0. The monoisotopic (exact) mass is 292 g/mol. The van der Waals surface area contributed by atoms with Gasteiger partial charge < -0.3 is 5.11 Å². The number of aromatic nitrogens is 2. The fourth-order valence-electron chi connectivity index (χ4n) is 2.67. The molecule has 3 heteroatoms. The molecule has 112 valence electrons. The molecule has 0 aliphatic heterocycles. The van der Waals surface area contributed by atoms with Crippen molar-refractivity contribution in [2.24, 2.45) is 0 Å². The van der Waals surface area contributed by atoms with E-state index in [-0.39, 0.29) is 5.75 Å². The second kappa shape index (κ2) is 6.06. The smallest absolute Gasteiger partial charge is 0.165 e. The van der Waals surface area contributed by atoms with Crippen LogP contribution in [0.1, 0.15) is 24.6 Å². The number of aryl methyl sites for hydroxylation is 1. The van der Waals surface area contributed by atoms with Gasteiger partial charge in [-0.25, -0.2) is 4.68 Å². The topological polar surface area (TPSA) is 38.1 Å². The molecular weight excluding hydrogens is 272 g/mol. The molecule has 1 heterocycles. The number of aromatic hydroxyl groups is 1. The van der Waals surface area contributed by atoms with E-state index in [1.165, 1.54) is 5.56 Å². The Morgan fingerprint density at radius 1 is 1.05 bits per heavy atom. The average molecular weight is 292 g/mol. The van der Waals surface area contributed by atoms with E-state index in [2.05, 4.69) is 31.1 Å². The maximum Gasteiger partial charge on any atom is 0.165 e. The van der Waals surface area contributed by atoms with Gasteiger partial charge in [0.1, 0.15) is 5.69 Å². The van der Waals surface area contributed by atoms with E-state index >= 15 is 0 Å². The molecule has 3 aromatic rings. The molecule has 0 radical (unpaired) electrons. The van der Waals surface area contributed by atoms with E-state index in [1.807, 2.05) is 47.1 Å². The highest BCUT2D eigenvalue weighted by atomic mass is 16.3. The molecule has 0 saturated heterocycles. The van der Waals surface area contributed by atoms with Crippen LogP contribution < -0.4 is 0 Å². The van der Waals surface area contributed by atoms with Crippen LogP contribution in [0.25, 0.3) is 16.9 Å².